The summed E-state index contributed by atoms with van der Waals surface area (Å²) >= 11 is 0. The van der Waals surface area contributed by atoms with Crippen molar-refractivity contribution in [2.75, 3.05) is 14.1 Å². The lowest BCUT2D eigenvalue weighted by molar-refractivity contribution is -0.142. The lowest BCUT2D eigenvalue weighted by Gasteiger charge is -2.22. The highest BCUT2D eigenvalue weighted by molar-refractivity contribution is 5.87. The number of nitrogens with one attached hydrogen (secondary N) is 1. The molecule has 0 aromatic rings. The van der Waals surface area contributed by atoms with E-state index in [-0.39, 0.29) is 6.42 Å². The van der Waals surface area contributed by atoms with Gasteiger partial charge in [-0.3, -0.25) is 4.79 Å². The van der Waals surface area contributed by atoms with Crippen molar-refractivity contribution < 1.29 is 24.2 Å². The molecule has 2 N–H and O–H groups in total. The normalized spacial score (nSPS) is 12.5. The molecule has 2 amide bonds. The van der Waals surface area contributed by atoms with Crippen LogP contribution in [-0.4, -0.2) is 53.7 Å². The predicted octanol–water partition coefficient (Wildman–Crippen LogP) is 0.443. The molecule has 0 heterocycles. The predicted molar refractivity (Wildman–Crippen MR) is 64.1 cm³/mol. The van der Waals surface area contributed by atoms with Crippen LogP contribution >= 0.6 is 0 Å². The van der Waals surface area contributed by atoms with E-state index in [0.717, 1.165) is 0 Å². The summed E-state index contributed by atoms with van der Waals surface area (Å²) < 4.78 is 4.92. The van der Waals surface area contributed by atoms with Crippen LogP contribution in [0.4, 0.5) is 4.79 Å². The largest absolute Gasteiger partial charge is 0.480 e. The van der Waals surface area contributed by atoms with Gasteiger partial charge in [0.2, 0.25) is 5.91 Å². The number of ether oxygens (including phenoxy) is 1. The van der Waals surface area contributed by atoms with Crippen molar-refractivity contribution in [3.05, 3.63) is 0 Å². The van der Waals surface area contributed by atoms with Crippen LogP contribution in [0.2, 0.25) is 0 Å². The van der Waals surface area contributed by atoms with Crippen molar-refractivity contribution in [3.8, 4) is 0 Å². The van der Waals surface area contributed by atoms with Gasteiger partial charge in [0.15, 0.2) is 0 Å². The summed E-state index contributed by atoms with van der Waals surface area (Å²) in [7, 11) is 3.02. The second kappa shape index (κ2) is 6.23. The van der Waals surface area contributed by atoms with Crippen molar-refractivity contribution in [2.24, 2.45) is 0 Å². The van der Waals surface area contributed by atoms with Gasteiger partial charge in [-0.05, 0) is 20.8 Å². The van der Waals surface area contributed by atoms with Gasteiger partial charge in [0.05, 0.1) is 6.42 Å². The van der Waals surface area contributed by atoms with Crippen LogP contribution in [0.25, 0.3) is 0 Å². The lowest BCUT2D eigenvalue weighted by Crippen LogP contribution is -2.45. The fraction of sp³-hybridized carbons (Fsp3) is 0.727. The highest BCUT2D eigenvalue weighted by atomic mass is 16.6. The molecule has 0 unspecified atom stereocenters. The van der Waals surface area contributed by atoms with Gasteiger partial charge >= 0.3 is 12.1 Å². The Hall–Kier alpha value is -1.79. The lowest BCUT2D eigenvalue weighted by atomic mass is 10.2. The van der Waals surface area contributed by atoms with Crippen molar-refractivity contribution in [3.63, 3.8) is 0 Å². The van der Waals surface area contributed by atoms with E-state index >= 15 is 0 Å². The Morgan fingerprint density at radius 1 is 1.28 bits per heavy atom. The number of hydrogen-bond acceptors (Lipinski definition) is 4. The third-order valence-corrected chi connectivity index (χ3v) is 1.87. The molecule has 0 aromatic carbocycles. The number of amides is 2. The Morgan fingerprint density at radius 2 is 1.78 bits per heavy atom. The highest BCUT2D eigenvalue weighted by Gasteiger charge is 2.26. The number of rotatable bonds is 4. The molecule has 0 rings (SSSR count). The summed E-state index contributed by atoms with van der Waals surface area (Å²) in [6.07, 6.45) is -1.18. The first-order valence-corrected chi connectivity index (χ1v) is 5.45. The monoisotopic (exact) mass is 260 g/mol. The molecule has 1 atom stereocenters. The van der Waals surface area contributed by atoms with E-state index < -0.39 is 29.6 Å². The number of carboxylic acid groups (broad SMARTS) is 1. The average Bonchev–Trinajstić information content (AvgIpc) is 2.12. The SMILES string of the molecule is CN(C)C(=O)C[C@@H](NC(=O)OC(C)(C)C)C(=O)O. The number of carbonyl (C=O) groups is 3. The quantitative estimate of drug-likeness (QED) is 0.764. The molecule has 0 aliphatic heterocycles. The van der Waals surface area contributed by atoms with Crippen molar-refractivity contribution in [2.45, 2.75) is 38.8 Å². The van der Waals surface area contributed by atoms with E-state index in [4.69, 9.17) is 9.84 Å². The van der Waals surface area contributed by atoms with Gasteiger partial charge in [0.1, 0.15) is 11.6 Å². The van der Waals surface area contributed by atoms with E-state index in [1.807, 2.05) is 0 Å². The molecule has 7 nitrogen and oxygen atoms in total. The molecule has 0 saturated carbocycles. The van der Waals surface area contributed by atoms with Crippen LogP contribution < -0.4 is 5.32 Å². The number of aliphatic carboxylic acids is 1. The summed E-state index contributed by atoms with van der Waals surface area (Å²) in [5.74, 6) is -1.67. The number of hydrogen-bond donors (Lipinski definition) is 2. The van der Waals surface area contributed by atoms with Gasteiger partial charge in [-0.15, -0.1) is 0 Å². The Kier molecular flexibility index (Phi) is 5.61. The van der Waals surface area contributed by atoms with Crippen LogP contribution in [0.5, 0.6) is 0 Å². The fourth-order valence-corrected chi connectivity index (χ4v) is 1.01. The average molecular weight is 260 g/mol. The van der Waals surface area contributed by atoms with Crippen LogP contribution in [0.1, 0.15) is 27.2 Å². The van der Waals surface area contributed by atoms with Crippen LogP contribution in [0, 0.1) is 0 Å². The number of carbonyl (C=O) groups excluding carboxylic acids is 2. The Morgan fingerprint density at radius 3 is 2.11 bits per heavy atom. The van der Waals surface area contributed by atoms with E-state index in [1.54, 1.807) is 20.8 Å². The smallest absolute Gasteiger partial charge is 0.408 e. The summed E-state index contributed by atoms with van der Waals surface area (Å²) in [6, 6.07) is -1.30. The second-order valence-corrected chi connectivity index (χ2v) is 5.03. The van der Waals surface area contributed by atoms with Crippen molar-refractivity contribution >= 4 is 18.0 Å². The zero-order valence-electron chi connectivity index (χ0n) is 11.3. The van der Waals surface area contributed by atoms with Gasteiger partial charge < -0.3 is 20.1 Å². The minimum absolute atomic E-state index is 0.318. The van der Waals surface area contributed by atoms with Gasteiger partial charge in [-0.2, -0.15) is 0 Å². The molecule has 0 aromatic heterocycles. The minimum Gasteiger partial charge on any atom is -0.480 e. The van der Waals surface area contributed by atoms with Crippen LogP contribution in [-0.2, 0) is 14.3 Å². The maximum absolute atomic E-state index is 11.4. The molecule has 0 fully saturated rings. The van der Waals surface area contributed by atoms with Gasteiger partial charge in [0, 0.05) is 14.1 Å². The molecule has 0 aliphatic carbocycles. The summed E-state index contributed by atoms with van der Waals surface area (Å²) in [5, 5.41) is 11.1. The molecule has 0 saturated heterocycles. The number of nitrogens with zero attached hydrogens (tertiary/aromatic N) is 1. The van der Waals surface area contributed by atoms with Gasteiger partial charge in [-0.25, -0.2) is 9.59 Å². The molecule has 0 spiro atoms. The number of carboxylic acids is 1. The second-order valence-electron chi connectivity index (χ2n) is 5.03. The first kappa shape index (κ1) is 16.2. The fourth-order valence-electron chi connectivity index (χ4n) is 1.01. The van der Waals surface area contributed by atoms with Crippen molar-refractivity contribution in [1.29, 1.82) is 0 Å². The molecule has 0 bridgehead atoms. The first-order chi connectivity index (χ1) is 8.03. The summed E-state index contributed by atoms with van der Waals surface area (Å²) in [6.45, 7) is 4.98. The highest BCUT2D eigenvalue weighted by Crippen LogP contribution is 2.07. The van der Waals surface area contributed by atoms with E-state index in [0.29, 0.717) is 0 Å². The Labute approximate surface area is 106 Å². The summed E-state index contributed by atoms with van der Waals surface area (Å²) in [5.41, 5.74) is -0.724. The maximum atomic E-state index is 11.4. The van der Waals surface area contributed by atoms with E-state index in [2.05, 4.69) is 5.32 Å². The topological polar surface area (TPSA) is 95.9 Å². The Bertz CT molecular complexity index is 333. The van der Waals surface area contributed by atoms with Gasteiger partial charge in [0.25, 0.3) is 0 Å². The van der Waals surface area contributed by atoms with E-state index in [9.17, 15) is 14.4 Å². The molecular formula is C11H20N2O5. The summed E-state index contributed by atoms with van der Waals surface area (Å²) in [4.78, 5) is 35.0. The molecule has 7 heteroatoms. The zero-order chi connectivity index (χ0) is 14.5. The third-order valence-electron chi connectivity index (χ3n) is 1.87. The first-order valence-electron chi connectivity index (χ1n) is 5.45. The zero-order valence-corrected chi connectivity index (χ0v) is 11.3. The molecule has 104 valence electrons. The van der Waals surface area contributed by atoms with Crippen molar-refractivity contribution in [1.82, 2.24) is 10.2 Å². The molecule has 0 aliphatic rings. The van der Waals surface area contributed by atoms with Crippen LogP contribution in [0.15, 0.2) is 0 Å². The maximum Gasteiger partial charge on any atom is 0.408 e. The molecule has 0 radical (unpaired) electrons. The van der Waals surface area contributed by atoms with Gasteiger partial charge in [-0.1, -0.05) is 0 Å². The number of alkyl carbamates (subject to hydrolysis) is 1. The standard InChI is InChI=1S/C11H20N2O5/c1-11(2,3)18-10(17)12-7(9(15)16)6-8(14)13(4)5/h7H,6H2,1-5H3,(H,12,17)(H,15,16)/t7-/m1/s1. The van der Waals surface area contributed by atoms with E-state index in [1.165, 1.54) is 19.0 Å². The Balaban J connectivity index is 4.51. The minimum atomic E-state index is -1.30. The molecule has 18 heavy (non-hydrogen) atoms. The van der Waals surface area contributed by atoms with Crippen LogP contribution in [0.3, 0.4) is 0 Å². The molecular weight excluding hydrogens is 240 g/mol. The third kappa shape index (κ3) is 6.72.